The highest BCUT2D eigenvalue weighted by Crippen LogP contribution is 2.39. The predicted molar refractivity (Wildman–Crippen MR) is 138 cm³/mol. The van der Waals surface area contributed by atoms with Crippen LogP contribution < -0.4 is 9.38 Å². The molecule has 2 heterocycles. The summed E-state index contributed by atoms with van der Waals surface area (Å²) in [7, 11) is -2.62. The molecule has 0 aliphatic carbocycles. The number of hydrogen-bond donors (Lipinski definition) is 1. The molecule has 0 radical (unpaired) electrons. The molecule has 1 N–H and O–H groups in total. The SMILES string of the molecule is COc1ccc(S(=O)(=O)c2[nH]c3cc(Cl)ccc3c2C)cc1[N+]1([O-])CCN(C(=O)C(Cl)(Cl)Cl)CC1. The number of carbonyl (C=O) groups excluding carboxylic acids is 1. The second kappa shape index (κ2) is 9.30. The van der Waals surface area contributed by atoms with Crippen molar-refractivity contribution in [2.45, 2.75) is 20.6 Å². The number of piperazine rings is 1. The fourth-order valence-electron chi connectivity index (χ4n) is 4.24. The van der Waals surface area contributed by atoms with Crippen LogP contribution in [0.3, 0.4) is 0 Å². The number of aromatic amines is 1. The first-order valence-electron chi connectivity index (χ1n) is 10.4. The summed E-state index contributed by atoms with van der Waals surface area (Å²) in [6, 6.07) is 9.25. The summed E-state index contributed by atoms with van der Waals surface area (Å²) in [4.78, 5) is 16.4. The topological polar surface area (TPSA) is 103 Å². The Bertz CT molecular complexity index is 1410. The number of hydroxylamine groups is 2. The van der Waals surface area contributed by atoms with E-state index in [0.29, 0.717) is 16.1 Å². The highest BCUT2D eigenvalue weighted by Gasteiger charge is 2.40. The predicted octanol–water partition coefficient (Wildman–Crippen LogP) is 4.99. The first kappa shape index (κ1) is 26.3. The van der Waals surface area contributed by atoms with Crippen LogP contribution in [0.15, 0.2) is 46.3 Å². The maximum atomic E-state index is 13.8. The van der Waals surface area contributed by atoms with Gasteiger partial charge in [0, 0.05) is 22.0 Å². The molecular weight excluding hydrogens is 560 g/mol. The van der Waals surface area contributed by atoms with Gasteiger partial charge in [0.25, 0.3) is 9.70 Å². The number of amides is 1. The summed E-state index contributed by atoms with van der Waals surface area (Å²) in [6.45, 7) is 1.61. The lowest BCUT2D eigenvalue weighted by Gasteiger charge is -2.48. The summed E-state index contributed by atoms with van der Waals surface area (Å²) in [6.07, 6.45) is 0. The zero-order valence-electron chi connectivity index (χ0n) is 18.6. The molecule has 1 aliphatic rings. The van der Waals surface area contributed by atoms with Crippen LogP contribution in [0, 0.1) is 12.1 Å². The fraction of sp³-hybridized carbons (Fsp3) is 0.318. The molecule has 0 spiro atoms. The van der Waals surface area contributed by atoms with Crippen LogP contribution in [-0.2, 0) is 14.6 Å². The van der Waals surface area contributed by atoms with Crippen LogP contribution in [0.1, 0.15) is 5.56 Å². The van der Waals surface area contributed by atoms with Gasteiger partial charge in [-0.15, -0.1) is 0 Å². The Morgan fingerprint density at radius 3 is 2.40 bits per heavy atom. The molecule has 1 amide bonds. The van der Waals surface area contributed by atoms with Crippen LogP contribution in [0.25, 0.3) is 10.9 Å². The molecule has 188 valence electrons. The molecule has 0 atom stereocenters. The van der Waals surface area contributed by atoms with Crippen molar-refractivity contribution < 1.29 is 17.9 Å². The summed E-state index contributed by atoms with van der Waals surface area (Å²) >= 11 is 23.1. The smallest absolute Gasteiger partial charge is 0.275 e. The Kier molecular flexibility index (Phi) is 7.00. The maximum absolute atomic E-state index is 13.8. The molecule has 0 saturated carbocycles. The molecular formula is C22H21Cl4N3O5S. The highest BCUT2D eigenvalue weighted by molar-refractivity contribution is 7.91. The molecule has 1 saturated heterocycles. The van der Waals surface area contributed by atoms with Gasteiger partial charge >= 0.3 is 0 Å². The Balaban J connectivity index is 1.72. The zero-order valence-corrected chi connectivity index (χ0v) is 22.5. The van der Waals surface area contributed by atoms with E-state index in [-0.39, 0.29) is 47.5 Å². The number of halogens is 4. The minimum absolute atomic E-state index is 0.0152. The summed E-state index contributed by atoms with van der Waals surface area (Å²) < 4.78 is 29.5. The van der Waals surface area contributed by atoms with Crippen LogP contribution in [-0.4, -0.2) is 61.3 Å². The second-order valence-electron chi connectivity index (χ2n) is 8.23. The van der Waals surface area contributed by atoms with Gasteiger partial charge < -0.3 is 24.5 Å². The van der Waals surface area contributed by atoms with E-state index in [4.69, 9.17) is 51.1 Å². The number of quaternary nitrogens is 1. The third-order valence-corrected chi connectivity index (χ3v) is 8.68. The van der Waals surface area contributed by atoms with Gasteiger partial charge in [-0.3, -0.25) is 4.79 Å². The molecule has 1 aromatic heterocycles. The van der Waals surface area contributed by atoms with E-state index in [1.54, 1.807) is 25.1 Å². The second-order valence-corrected chi connectivity index (χ2v) is 12.8. The van der Waals surface area contributed by atoms with Crippen LogP contribution in [0.2, 0.25) is 5.02 Å². The Labute approximate surface area is 222 Å². The van der Waals surface area contributed by atoms with Crippen molar-refractivity contribution in [2.75, 3.05) is 33.3 Å². The van der Waals surface area contributed by atoms with E-state index >= 15 is 0 Å². The molecule has 4 rings (SSSR count). The molecule has 35 heavy (non-hydrogen) atoms. The lowest BCUT2D eigenvalue weighted by molar-refractivity contribution is -0.131. The molecule has 2 aromatic carbocycles. The number of nitrogens with zero attached hydrogens (tertiary/aromatic N) is 2. The molecule has 13 heteroatoms. The van der Waals surface area contributed by atoms with Gasteiger partial charge in [-0.25, -0.2) is 8.42 Å². The van der Waals surface area contributed by atoms with Gasteiger partial charge in [-0.1, -0.05) is 52.5 Å². The van der Waals surface area contributed by atoms with Crippen LogP contribution in [0.4, 0.5) is 5.69 Å². The van der Waals surface area contributed by atoms with Crippen molar-refractivity contribution in [3.05, 3.63) is 52.2 Å². The van der Waals surface area contributed by atoms with Crippen molar-refractivity contribution in [1.82, 2.24) is 14.5 Å². The maximum Gasteiger partial charge on any atom is 0.275 e. The number of H-pyrrole nitrogens is 1. The number of benzene rings is 2. The van der Waals surface area contributed by atoms with Gasteiger partial charge in [0.05, 0.1) is 25.1 Å². The number of nitrogens with one attached hydrogen (secondary N) is 1. The van der Waals surface area contributed by atoms with E-state index in [0.717, 1.165) is 5.39 Å². The number of sulfone groups is 1. The number of aromatic nitrogens is 1. The fourth-order valence-corrected chi connectivity index (χ4v) is 6.28. The molecule has 8 nitrogen and oxygen atoms in total. The average Bonchev–Trinajstić information content (AvgIpc) is 3.14. The Morgan fingerprint density at radius 2 is 1.80 bits per heavy atom. The van der Waals surface area contributed by atoms with E-state index in [2.05, 4.69) is 4.98 Å². The van der Waals surface area contributed by atoms with E-state index in [1.165, 1.54) is 30.2 Å². The third kappa shape index (κ3) is 4.83. The van der Waals surface area contributed by atoms with E-state index in [1.807, 2.05) is 0 Å². The molecule has 0 unspecified atom stereocenters. The van der Waals surface area contributed by atoms with Gasteiger partial charge in [-0.2, -0.15) is 0 Å². The highest BCUT2D eigenvalue weighted by atomic mass is 35.6. The number of rotatable bonds is 4. The van der Waals surface area contributed by atoms with Crippen LogP contribution in [0.5, 0.6) is 5.75 Å². The number of alkyl halides is 3. The number of aryl methyl sites for hydroxylation is 1. The molecule has 0 bridgehead atoms. The number of ether oxygens (including phenoxy) is 1. The standard InChI is InChI=1S/C22H21Cl4N3O5S/c1-13-16-5-3-14(23)11-17(16)27-20(13)35(32,33)15-4-6-19(34-2)18(12-15)29(31)9-7-28(8-10-29)21(30)22(24,25)26/h3-6,11-12,27H,7-10H2,1-2H3. The Hall–Kier alpha value is -1.72. The molecule has 3 aromatic rings. The average molecular weight is 581 g/mol. The van der Waals surface area contributed by atoms with Gasteiger partial charge in [-0.05, 0) is 36.8 Å². The lowest BCUT2D eigenvalue weighted by Crippen LogP contribution is -2.59. The summed E-state index contributed by atoms with van der Waals surface area (Å²) in [5.41, 5.74) is 1.26. The van der Waals surface area contributed by atoms with Crippen molar-refractivity contribution in [3.8, 4) is 5.75 Å². The minimum Gasteiger partial charge on any atom is -0.627 e. The summed E-state index contributed by atoms with van der Waals surface area (Å²) in [5, 5.41) is 15.0. The van der Waals surface area contributed by atoms with Gasteiger partial charge in [0.15, 0.2) is 11.4 Å². The first-order valence-corrected chi connectivity index (χ1v) is 13.4. The van der Waals surface area contributed by atoms with Gasteiger partial charge in [0.1, 0.15) is 18.1 Å². The van der Waals surface area contributed by atoms with E-state index in [9.17, 15) is 18.4 Å². The zero-order chi connectivity index (χ0) is 25.8. The third-order valence-electron chi connectivity index (χ3n) is 6.13. The first-order chi connectivity index (χ1) is 16.3. The van der Waals surface area contributed by atoms with Crippen molar-refractivity contribution in [2.24, 2.45) is 0 Å². The molecule has 1 aliphatic heterocycles. The quantitative estimate of drug-likeness (QED) is 0.266. The number of methoxy groups -OCH3 is 1. The van der Waals surface area contributed by atoms with E-state index < -0.39 is 24.2 Å². The normalized spacial score (nSPS) is 16.5. The number of hydrogen-bond acceptors (Lipinski definition) is 5. The van der Waals surface area contributed by atoms with Crippen molar-refractivity contribution in [3.63, 3.8) is 0 Å². The summed E-state index contributed by atoms with van der Waals surface area (Å²) in [5.74, 6) is -0.480. The van der Waals surface area contributed by atoms with Gasteiger partial charge in [0.2, 0.25) is 9.84 Å². The minimum atomic E-state index is -4.02. The lowest BCUT2D eigenvalue weighted by atomic mass is 10.2. The Morgan fingerprint density at radius 1 is 1.14 bits per heavy atom. The monoisotopic (exact) mass is 579 g/mol. The number of fused-ring (bicyclic) bond motifs is 1. The van der Waals surface area contributed by atoms with Crippen LogP contribution >= 0.6 is 46.4 Å². The number of carbonyl (C=O) groups is 1. The van der Waals surface area contributed by atoms with Crippen molar-refractivity contribution >= 4 is 78.7 Å². The molecule has 1 fully saturated rings. The van der Waals surface area contributed by atoms with Crippen molar-refractivity contribution in [1.29, 1.82) is 0 Å². The largest absolute Gasteiger partial charge is 0.627 e.